The molecule has 0 bridgehead atoms. The van der Waals surface area contributed by atoms with Gasteiger partial charge >= 0.3 is 5.97 Å². The summed E-state index contributed by atoms with van der Waals surface area (Å²) in [5.74, 6) is 0.908. The Kier molecular flexibility index (Phi) is 8.86. The number of rotatable bonds is 7. The number of thiophene rings is 1. The lowest BCUT2D eigenvalue weighted by atomic mass is 9.72. The first kappa shape index (κ1) is 29.3. The van der Waals surface area contributed by atoms with Gasteiger partial charge < -0.3 is 10.1 Å². The summed E-state index contributed by atoms with van der Waals surface area (Å²) < 4.78 is 5.09. The van der Waals surface area contributed by atoms with Crippen LogP contribution < -0.4 is 5.32 Å². The summed E-state index contributed by atoms with van der Waals surface area (Å²) in [6, 6.07) is 14.8. The van der Waals surface area contributed by atoms with E-state index in [1.807, 2.05) is 12.1 Å². The number of carbonyl (C=O) groups is 2. The Labute approximate surface area is 250 Å². The average Bonchev–Trinajstić information content (AvgIpc) is 3.33. The van der Waals surface area contributed by atoms with Crippen LogP contribution in [0.2, 0.25) is 0 Å². The number of amides is 1. The van der Waals surface area contributed by atoms with Gasteiger partial charge in [-0.2, -0.15) is 5.26 Å². The molecule has 2 aliphatic rings. The number of aromatic nitrogens is 1. The average molecular weight is 588 g/mol. The van der Waals surface area contributed by atoms with E-state index in [0.717, 1.165) is 55.3 Å². The first-order valence-electron chi connectivity index (χ1n) is 14.3. The van der Waals surface area contributed by atoms with Gasteiger partial charge in [0.05, 0.1) is 18.2 Å². The van der Waals surface area contributed by atoms with Crippen LogP contribution >= 0.6 is 23.1 Å². The SMILES string of the molecule is COC(=O)c1c(NC(=O)CCSc2nc3c(cc2C#N)CC(c2ccccc2)CC3)sc2c1CCC(C(C)(C)C)C2. The molecule has 1 N–H and O–H groups in total. The second-order valence-electron chi connectivity index (χ2n) is 12.1. The van der Waals surface area contributed by atoms with Crippen molar-refractivity contribution in [3.05, 3.63) is 74.8 Å². The quantitative estimate of drug-likeness (QED) is 0.230. The van der Waals surface area contributed by atoms with Crippen LogP contribution in [0.4, 0.5) is 5.00 Å². The number of anilines is 1. The molecule has 1 aromatic carbocycles. The third kappa shape index (κ3) is 6.52. The predicted octanol–water partition coefficient (Wildman–Crippen LogP) is 7.35. The van der Waals surface area contributed by atoms with Crippen molar-refractivity contribution in [1.82, 2.24) is 4.98 Å². The topological polar surface area (TPSA) is 92.1 Å². The number of carbonyl (C=O) groups excluding carboxylic acids is 2. The number of esters is 1. The molecule has 5 rings (SSSR count). The number of aryl methyl sites for hydroxylation is 1. The Bertz CT molecular complexity index is 1480. The Morgan fingerprint density at radius 2 is 1.95 bits per heavy atom. The maximum atomic E-state index is 13.0. The zero-order valence-corrected chi connectivity index (χ0v) is 25.8. The number of pyridine rings is 1. The Hall–Kier alpha value is -3.15. The summed E-state index contributed by atoms with van der Waals surface area (Å²) in [6.45, 7) is 6.78. The number of nitriles is 1. The van der Waals surface area contributed by atoms with E-state index in [-0.39, 0.29) is 17.7 Å². The zero-order chi connectivity index (χ0) is 29.1. The Balaban J connectivity index is 1.24. The molecular formula is C33H37N3O3S2. The number of fused-ring (bicyclic) bond motifs is 2. The van der Waals surface area contributed by atoms with Gasteiger partial charge in [-0.1, -0.05) is 51.1 Å². The molecule has 0 fully saturated rings. The Morgan fingerprint density at radius 1 is 1.17 bits per heavy atom. The predicted molar refractivity (Wildman–Crippen MR) is 165 cm³/mol. The van der Waals surface area contributed by atoms with Crippen molar-refractivity contribution in [2.75, 3.05) is 18.2 Å². The fraction of sp³-hybridized carbons (Fsp3) is 0.455. The monoisotopic (exact) mass is 587 g/mol. The van der Waals surface area contributed by atoms with Crippen molar-refractivity contribution in [2.45, 2.75) is 76.7 Å². The summed E-state index contributed by atoms with van der Waals surface area (Å²) >= 11 is 2.95. The van der Waals surface area contributed by atoms with Crippen LogP contribution in [0.5, 0.6) is 0 Å². The van der Waals surface area contributed by atoms with E-state index in [9.17, 15) is 14.9 Å². The number of ether oxygens (including phenoxy) is 1. The molecule has 0 saturated carbocycles. The molecule has 0 saturated heterocycles. The van der Waals surface area contributed by atoms with Crippen molar-refractivity contribution in [2.24, 2.45) is 11.3 Å². The number of hydrogen-bond donors (Lipinski definition) is 1. The van der Waals surface area contributed by atoms with E-state index >= 15 is 0 Å². The third-order valence-electron chi connectivity index (χ3n) is 8.44. The van der Waals surface area contributed by atoms with Crippen molar-refractivity contribution >= 4 is 40.0 Å². The van der Waals surface area contributed by atoms with Gasteiger partial charge in [0.1, 0.15) is 16.1 Å². The van der Waals surface area contributed by atoms with Gasteiger partial charge in [0, 0.05) is 22.7 Å². The fourth-order valence-electron chi connectivity index (χ4n) is 6.01. The van der Waals surface area contributed by atoms with Crippen LogP contribution in [0.15, 0.2) is 41.4 Å². The molecule has 0 aliphatic heterocycles. The molecule has 3 aromatic rings. The van der Waals surface area contributed by atoms with Crippen LogP contribution in [0, 0.1) is 22.7 Å². The smallest absolute Gasteiger partial charge is 0.341 e. The lowest BCUT2D eigenvalue weighted by Gasteiger charge is -2.33. The van der Waals surface area contributed by atoms with Gasteiger partial charge in [-0.3, -0.25) is 4.79 Å². The second-order valence-corrected chi connectivity index (χ2v) is 14.2. The molecule has 2 aromatic heterocycles. The third-order valence-corrected chi connectivity index (χ3v) is 10.6. The molecule has 0 spiro atoms. The molecular weight excluding hydrogens is 551 g/mol. The highest BCUT2D eigenvalue weighted by Gasteiger charge is 2.34. The van der Waals surface area contributed by atoms with Crippen molar-refractivity contribution < 1.29 is 14.3 Å². The van der Waals surface area contributed by atoms with Crippen molar-refractivity contribution in [3.63, 3.8) is 0 Å². The minimum Gasteiger partial charge on any atom is -0.465 e. The van der Waals surface area contributed by atoms with Gasteiger partial charge in [0.2, 0.25) is 5.91 Å². The highest BCUT2D eigenvalue weighted by atomic mass is 32.2. The van der Waals surface area contributed by atoms with Crippen LogP contribution in [0.1, 0.15) is 89.1 Å². The van der Waals surface area contributed by atoms with E-state index in [2.05, 4.69) is 56.4 Å². The van der Waals surface area contributed by atoms with Gasteiger partial charge in [-0.05, 0) is 78.5 Å². The summed E-state index contributed by atoms with van der Waals surface area (Å²) in [6.07, 6.45) is 5.79. The number of thioether (sulfide) groups is 1. The van der Waals surface area contributed by atoms with E-state index in [0.29, 0.717) is 38.7 Å². The summed E-state index contributed by atoms with van der Waals surface area (Å²) in [7, 11) is 1.38. The van der Waals surface area contributed by atoms with Gasteiger partial charge in [-0.25, -0.2) is 9.78 Å². The van der Waals surface area contributed by atoms with E-state index in [1.54, 1.807) is 0 Å². The first-order valence-corrected chi connectivity index (χ1v) is 16.1. The molecule has 2 aliphatic carbocycles. The van der Waals surface area contributed by atoms with Gasteiger partial charge in [0.15, 0.2) is 0 Å². The highest BCUT2D eigenvalue weighted by molar-refractivity contribution is 7.99. The number of hydrogen-bond acceptors (Lipinski definition) is 7. The molecule has 2 atom stereocenters. The van der Waals surface area contributed by atoms with Gasteiger partial charge in [0.25, 0.3) is 0 Å². The standard InChI is InChI=1S/C33H37N3O3S2/c1-33(2,3)24-11-12-25-27(18-24)41-31(29(25)32(38)39-4)36-28(37)14-15-40-30-23(19-34)17-22-16-21(10-13-26(22)35-30)20-8-6-5-7-9-20/h5-9,17,21,24H,10-16,18H2,1-4H3,(H,36,37). The van der Waals surface area contributed by atoms with Crippen LogP contribution in [0.3, 0.4) is 0 Å². The minimum atomic E-state index is -0.396. The second kappa shape index (κ2) is 12.4. The lowest BCUT2D eigenvalue weighted by molar-refractivity contribution is -0.115. The van der Waals surface area contributed by atoms with Gasteiger partial charge in [-0.15, -0.1) is 23.1 Å². The van der Waals surface area contributed by atoms with Crippen LogP contribution in [0.25, 0.3) is 0 Å². The maximum absolute atomic E-state index is 13.0. The fourth-order valence-corrected chi connectivity index (χ4v) is 8.25. The van der Waals surface area contributed by atoms with Crippen molar-refractivity contribution in [1.29, 1.82) is 5.26 Å². The van der Waals surface area contributed by atoms with Crippen LogP contribution in [-0.2, 0) is 35.2 Å². The largest absolute Gasteiger partial charge is 0.465 e. The molecule has 41 heavy (non-hydrogen) atoms. The van der Waals surface area contributed by atoms with Crippen molar-refractivity contribution in [3.8, 4) is 6.07 Å². The molecule has 2 heterocycles. The number of nitrogens with one attached hydrogen (secondary N) is 1. The first-order chi connectivity index (χ1) is 19.7. The number of nitrogens with zero attached hydrogens (tertiary/aromatic N) is 2. The molecule has 8 heteroatoms. The molecule has 2 unspecified atom stereocenters. The normalized spacial score (nSPS) is 18.1. The summed E-state index contributed by atoms with van der Waals surface area (Å²) in [5.41, 5.74) is 5.83. The van der Waals surface area contributed by atoms with E-state index < -0.39 is 5.97 Å². The molecule has 6 nitrogen and oxygen atoms in total. The minimum absolute atomic E-state index is 0.157. The molecule has 1 amide bonds. The molecule has 0 radical (unpaired) electrons. The maximum Gasteiger partial charge on any atom is 0.341 e. The van der Waals surface area contributed by atoms with E-state index in [1.165, 1.54) is 40.6 Å². The lowest BCUT2D eigenvalue weighted by Crippen LogP contribution is -2.26. The van der Waals surface area contributed by atoms with Crippen LogP contribution in [-0.4, -0.2) is 29.7 Å². The Morgan fingerprint density at radius 3 is 2.66 bits per heavy atom. The molecule has 214 valence electrons. The zero-order valence-electron chi connectivity index (χ0n) is 24.2. The number of methoxy groups -OCH3 is 1. The van der Waals surface area contributed by atoms with E-state index in [4.69, 9.17) is 9.72 Å². The number of benzene rings is 1. The summed E-state index contributed by atoms with van der Waals surface area (Å²) in [5, 5.41) is 14.1. The summed E-state index contributed by atoms with van der Waals surface area (Å²) in [4.78, 5) is 31.7. The highest BCUT2D eigenvalue weighted by Crippen LogP contribution is 2.44.